The molecule has 154 valence electrons. The van der Waals surface area contributed by atoms with Crippen molar-refractivity contribution in [2.75, 3.05) is 17.2 Å². The number of amides is 2. The van der Waals surface area contributed by atoms with E-state index in [1.165, 1.54) is 16.2 Å². The predicted molar refractivity (Wildman–Crippen MR) is 116 cm³/mol. The molecule has 2 aromatic carbocycles. The van der Waals surface area contributed by atoms with E-state index in [1.54, 1.807) is 35.4 Å². The highest BCUT2D eigenvalue weighted by Gasteiger charge is 2.39. The van der Waals surface area contributed by atoms with E-state index < -0.39 is 12.1 Å². The molecule has 0 radical (unpaired) electrons. The number of ether oxygens (including phenoxy) is 1. The van der Waals surface area contributed by atoms with Crippen molar-refractivity contribution in [3.63, 3.8) is 0 Å². The summed E-state index contributed by atoms with van der Waals surface area (Å²) in [5, 5.41) is 2.36. The minimum Gasteiger partial charge on any atom is -0.445 e. The van der Waals surface area contributed by atoms with Gasteiger partial charge in [-0.05, 0) is 42.7 Å². The van der Waals surface area contributed by atoms with Gasteiger partial charge >= 0.3 is 6.09 Å². The van der Waals surface area contributed by atoms with Crippen molar-refractivity contribution in [1.29, 1.82) is 0 Å². The summed E-state index contributed by atoms with van der Waals surface area (Å²) in [6.45, 7) is 0.655. The zero-order valence-corrected chi connectivity index (χ0v) is 17.1. The van der Waals surface area contributed by atoms with Gasteiger partial charge in [0.1, 0.15) is 12.6 Å². The lowest BCUT2D eigenvalue weighted by Crippen LogP contribution is -2.46. The number of aromatic nitrogens is 1. The van der Waals surface area contributed by atoms with Crippen molar-refractivity contribution < 1.29 is 14.3 Å². The minimum atomic E-state index is -0.602. The van der Waals surface area contributed by atoms with Crippen molar-refractivity contribution in [2.45, 2.75) is 25.5 Å². The second-order valence-corrected chi connectivity index (χ2v) is 7.84. The Bertz CT molecular complexity index is 993. The van der Waals surface area contributed by atoms with Crippen molar-refractivity contribution in [2.24, 2.45) is 0 Å². The molecule has 1 aliphatic heterocycles. The maximum atomic E-state index is 13.5. The molecule has 1 unspecified atom stereocenters. The van der Waals surface area contributed by atoms with E-state index in [-0.39, 0.29) is 12.5 Å². The fraction of sp³-hybridized carbons (Fsp3) is 0.227. The average Bonchev–Trinajstić information content (AvgIpc) is 3.47. The van der Waals surface area contributed by atoms with Gasteiger partial charge in [-0.1, -0.05) is 30.3 Å². The molecule has 1 atom stereocenters. The first-order valence-electron chi connectivity index (χ1n) is 9.70. The minimum absolute atomic E-state index is 0.172. The van der Waals surface area contributed by atoms with Gasteiger partial charge in [0.05, 0.1) is 5.69 Å². The second-order valence-electron chi connectivity index (χ2n) is 6.97. The molecule has 1 fully saturated rings. The number of nitrogens with two attached hydrogens (primary N) is 1. The van der Waals surface area contributed by atoms with Crippen LogP contribution in [0.3, 0.4) is 0 Å². The van der Waals surface area contributed by atoms with Gasteiger partial charge in [0.25, 0.3) is 5.91 Å². The van der Waals surface area contributed by atoms with Crippen LogP contribution >= 0.6 is 11.3 Å². The molecule has 3 aromatic rings. The number of hydrogen-bond donors (Lipinski definition) is 1. The van der Waals surface area contributed by atoms with Gasteiger partial charge in [-0.2, -0.15) is 0 Å². The number of nitrogens with zero attached hydrogens (tertiary/aromatic N) is 3. The van der Waals surface area contributed by atoms with Crippen LogP contribution in [0.1, 0.15) is 18.4 Å². The summed E-state index contributed by atoms with van der Waals surface area (Å²) < 4.78 is 5.47. The van der Waals surface area contributed by atoms with Crippen molar-refractivity contribution >= 4 is 39.8 Å². The van der Waals surface area contributed by atoms with E-state index >= 15 is 0 Å². The standard InChI is InChI=1S/C22H22N4O3S/c23-17-8-10-18(11-9-17)26(21-24-12-14-30-21)20(27)19-7-4-13-25(19)22(28)29-15-16-5-2-1-3-6-16/h1-3,5-6,8-12,14,19H,4,7,13,15,23H2. The van der Waals surface area contributed by atoms with Crippen LogP contribution in [-0.4, -0.2) is 34.5 Å². The maximum absolute atomic E-state index is 13.5. The molecule has 1 aromatic heterocycles. The Morgan fingerprint density at radius 2 is 1.93 bits per heavy atom. The zero-order valence-electron chi connectivity index (χ0n) is 16.3. The Hall–Kier alpha value is -3.39. The Balaban J connectivity index is 1.53. The summed E-state index contributed by atoms with van der Waals surface area (Å²) >= 11 is 1.36. The number of likely N-dealkylation sites (tertiary alicyclic amines) is 1. The van der Waals surface area contributed by atoms with Crippen LogP contribution in [-0.2, 0) is 16.1 Å². The molecule has 7 nitrogen and oxygen atoms in total. The molecule has 1 saturated heterocycles. The normalized spacial score (nSPS) is 15.7. The molecule has 30 heavy (non-hydrogen) atoms. The van der Waals surface area contributed by atoms with E-state index in [0.29, 0.717) is 29.5 Å². The average molecular weight is 423 g/mol. The lowest BCUT2D eigenvalue weighted by atomic mass is 10.1. The lowest BCUT2D eigenvalue weighted by Gasteiger charge is -2.28. The van der Waals surface area contributed by atoms with E-state index in [9.17, 15) is 9.59 Å². The number of carbonyl (C=O) groups excluding carboxylic acids is 2. The molecule has 2 N–H and O–H groups in total. The van der Waals surface area contributed by atoms with Crippen LogP contribution in [0, 0.1) is 0 Å². The van der Waals surface area contributed by atoms with Gasteiger partial charge in [-0.3, -0.25) is 14.6 Å². The molecule has 2 heterocycles. The Kier molecular flexibility index (Phi) is 5.94. The number of anilines is 3. The Labute approximate surface area is 178 Å². The molecule has 0 bridgehead atoms. The summed E-state index contributed by atoms with van der Waals surface area (Å²) in [5.74, 6) is -0.205. The Morgan fingerprint density at radius 3 is 2.63 bits per heavy atom. The van der Waals surface area contributed by atoms with E-state index in [2.05, 4.69) is 4.98 Å². The van der Waals surface area contributed by atoms with Gasteiger partial charge in [0.15, 0.2) is 5.13 Å². The molecule has 0 saturated carbocycles. The summed E-state index contributed by atoms with van der Waals surface area (Å²) in [6, 6.07) is 15.9. The Morgan fingerprint density at radius 1 is 1.17 bits per heavy atom. The topological polar surface area (TPSA) is 88.8 Å². The molecule has 0 spiro atoms. The quantitative estimate of drug-likeness (QED) is 0.623. The van der Waals surface area contributed by atoms with E-state index in [1.807, 2.05) is 35.7 Å². The zero-order chi connectivity index (χ0) is 20.9. The molecule has 8 heteroatoms. The highest BCUT2D eigenvalue weighted by Crippen LogP contribution is 2.31. The summed E-state index contributed by atoms with van der Waals surface area (Å²) in [4.78, 5) is 33.6. The molecular formula is C22H22N4O3S. The van der Waals surface area contributed by atoms with Gasteiger partial charge in [0, 0.05) is 23.8 Å². The second kappa shape index (κ2) is 8.96. The number of rotatable bonds is 5. The number of thiazole rings is 1. The van der Waals surface area contributed by atoms with Crippen molar-refractivity contribution in [3.8, 4) is 0 Å². The smallest absolute Gasteiger partial charge is 0.410 e. The molecule has 0 aliphatic carbocycles. The van der Waals surface area contributed by atoms with Crippen molar-refractivity contribution in [1.82, 2.24) is 9.88 Å². The summed E-state index contributed by atoms with van der Waals surface area (Å²) in [7, 11) is 0. The summed E-state index contributed by atoms with van der Waals surface area (Å²) in [5.41, 5.74) is 7.97. The van der Waals surface area contributed by atoms with Crippen LogP contribution in [0.25, 0.3) is 0 Å². The number of benzene rings is 2. The first-order valence-corrected chi connectivity index (χ1v) is 10.6. The molecular weight excluding hydrogens is 400 g/mol. The van der Waals surface area contributed by atoms with Gasteiger partial charge in [-0.15, -0.1) is 11.3 Å². The summed E-state index contributed by atoms with van der Waals surface area (Å²) in [6.07, 6.45) is 2.49. The molecule has 4 rings (SSSR count). The largest absolute Gasteiger partial charge is 0.445 e. The molecule has 1 aliphatic rings. The predicted octanol–water partition coefficient (Wildman–Crippen LogP) is 4.19. The van der Waals surface area contributed by atoms with Crippen LogP contribution in [0.15, 0.2) is 66.2 Å². The fourth-order valence-corrected chi connectivity index (χ4v) is 4.14. The number of hydrogen-bond acceptors (Lipinski definition) is 6. The number of carbonyl (C=O) groups is 2. The molecule has 2 amide bonds. The fourth-order valence-electron chi connectivity index (χ4n) is 3.47. The van der Waals surface area contributed by atoms with Crippen LogP contribution in [0.2, 0.25) is 0 Å². The third kappa shape index (κ3) is 4.28. The van der Waals surface area contributed by atoms with Gasteiger partial charge in [0.2, 0.25) is 0 Å². The van der Waals surface area contributed by atoms with Crippen molar-refractivity contribution in [3.05, 3.63) is 71.7 Å². The lowest BCUT2D eigenvalue weighted by molar-refractivity contribution is -0.121. The first-order chi connectivity index (χ1) is 14.6. The van der Waals surface area contributed by atoms with Crippen LogP contribution in [0.5, 0.6) is 0 Å². The first kappa shape index (κ1) is 19.9. The maximum Gasteiger partial charge on any atom is 0.410 e. The van der Waals surface area contributed by atoms with E-state index in [4.69, 9.17) is 10.5 Å². The van der Waals surface area contributed by atoms with Crippen LogP contribution in [0.4, 0.5) is 21.3 Å². The monoisotopic (exact) mass is 422 g/mol. The number of nitrogen functional groups attached to an aromatic ring is 1. The highest BCUT2D eigenvalue weighted by atomic mass is 32.1. The highest BCUT2D eigenvalue weighted by molar-refractivity contribution is 7.13. The van der Waals surface area contributed by atoms with Gasteiger partial charge < -0.3 is 10.5 Å². The van der Waals surface area contributed by atoms with Crippen LogP contribution < -0.4 is 10.6 Å². The van der Waals surface area contributed by atoms with E-state index in [0.717, 1.165) is 12.0 Å². The third-order valence-electron chi connectivity index (χ3n) is 4.96. The van der Waals surface area contributed by atoms with Gasteiger partial charge in [-0.25, -0.2) is 9.78 Å². The third-order valence-corrected chi connectivity index (χ3v) is 5.72. The SMILES string of the molecule is Nc1ccc(N(C(=O)C2CCCN2C(=O)OCc2ccccc2)c2nccs2)cc1.